The number of aryl methyl sites for hydroxylation is 1. The van der Waals surface area contributed by atoms with Crippen LogP contribution in [0.5, 0.6) is 5.75 Å². The first kappa shape index (κ1) is 13.7. The Bertz CT molecular complexity index is 534. The van der Waals surface area contributed by atoms with Crippen LogP contribution in [0.2, 0.25) is 0 Å². The van der Waals surface area contributed by atoms with E-state index in [0.29, 0.717) is 17.6 Å². The Hall–Kier alpha value is -1.31. The van der Waals surface area contributed by atoms with Crippen molar-refractivity contribution in [3.8, 4) is 5.75 Å². The van der Waals surface area contributed by atoms with Crippen LogP contribution >= 0.6 is 0 Å². The Balaban J connectivity index is 2.09. The van der Waals surface area contributed by atoms with Crippen molar-refractivity contribution in [2.45, 2.75) is 51.4 Å². The van der Waals surface area contributed by atoms with Crippen molar-refractivity contribution in [2.75, 3.05) is 7.11 Å². The van der Waals surface area contributed by atoms with Gasteiger partial charge in [0, 0.05) is 12.8 Å². The Morgan fingerprint density at radius 3 is 2.85 bits per heavy atom. The first-order valence-corrected chi connectivity index (χ1v) is 7.73. The van der Waals surface area contributed by atoms with Crippen LogP contribution in [0, 0.1) is 11.8 Å². The van der Waals surface area contributed by atoms with Crippen LogP contribution in [0.4, 0.5) is 0 Å². The maximum atomic E-state index is 12.0. The molecular formula is C18H24O2. The van der Waals surface area contributed by atoms with Crippen molar-refractivity contribution in [2.24, 2.45) is 11.8 Å². The zero-order valence-electron chi connectivity index (χ0n) is 12.7. The summed E-state index contributed by atoms with van der Waals surface area (Å²) in [6.07, 6.45) is 4.83. The van der Waals surface area contributed by atoms with Gasteiger partial charge in [-0.1, -0.05) is 19.9 Å². The van der Waals surface area contributed by atoms with Crippen LogP contribution in [0.3, 0.4) is 0 Å². The number of ether oxygens (including phenoxy) is 1. The van der Waals surface area contributed by atoms with Crippen molar-refractivity contribution in [1.29, 1.82) is 0 Å². The molecule has 1 aromatic rings. The van der Waals surface area contributed by atoms with E-state index in [0.717, 1.165) is 31.4 Å². The average molecular weight is 272 g/mol. The summed E-state index contributed by atoms with van der Waals surface area (Å²) < 4.78 is 5.42. The molecule has 3 rings (SSSR count). The molecule has 1 fully saturated rings. The summed E-state index contributed by atoms with van der Waals surface area (Å²) in [5.74, 6) is 2.49. The maximum Gasteiger partial charge on any atom is 0.133 e. The van der Waals surface area contributed by atoms with Crippen molar-refractivity contribution in [3.63, 3.8) is 0 Å². The largest absolute Gasteiger partial charge is 0.497 e. The van der Waals surface area contributed by atoms with E-state index < -0.39 is 0 Å². The molecule has 0 radical (unpaired) electrons. The Labute approximate surface area is 121 Å². The minimum Gasteiger partial charge on any atom is -0.497 e. The van der Waals surface area contributed by atoms with Crippen LogP contribution in [0.1, 0.15) is 50.7 Å². The zero-order valence-corrected chi connectivity index (χ0v) is 12.7. The standard InChI is InChI=1S/C18H24O2/c1-12-10-14(19)8-9-18(2)16(12)7-5-13-4-6-15(20-3)11-17(13)18/h4,6,11-12,16H,5,7-10H2,1-3H3/t12-,16-,18-/m0/s1. The second-order valence-electron chi connectivity index (χ2n) is 6.81. The predicted molar refractivity (Wildman–Crippen MR) is 80.2 cm³/mol. The van der Waals surface area contributed by atoms with Gasteiger partial charge < -0.3 is 4.74 Å². The smallest absolute Gasteiger partial charge is 0.133 e. The van der Waals surface area contributed by atoms with Crippen molar-refractivity contribution < 1.29 is 9.53 Å². The molecule has 0 saturated heterocycles. The normalized spacial score (nSPS) is 33.0. The molecule has 0 N–H and O–H groups in total. The zero-order chi connectivity index (χ0) is 14.3. The van der Waals surface area contributed by atoms with Gasteiger partial charge in [0.2, 0.25) is 0 Å². The van der Waals surface area contributed by atoms with Gasteiger partial charge in [0.25, 0.3) is 0 Å². The van der Waals surface area contributed by atoms with E-state index in [4.69, 9.17) is 4.74 Å². The summed E-state index contributed by atoms with van der Waals surface area (Å²) in [5, 5.41) is 0. The summed E-state index contributed by atoms with van der Waals surface area (Å²) in [6, 6.07) is 6.49. The minimum absolute atomic E-state index is 0.133. The molecule has 2 aliphatic rings. The average Bonchev–Trinajstić information content (AvgIpc) is 2.55. The highest BCUT2D eigenvalue weighted by molar-refractivity contribution is 5.79. The van der Waals surface area contributed by atoms with E-state index in [9.17, 15) is 4.79 Å². The number of hydrogen-bond donors (Lipinski definition) is 0. The van der Waals surface area contributed by atoms with Crippen LogP contribution in [-0.2, 0) is 16.6 Å². The molecule has 0 aliphatic heterocycles. The second kappa shape index (κ2) is 4.91. The second-order valence-corrected chi connectivity index (χ2v) is 6.81. The summed E-state index contributed by atoms with van der Waals surface area (Å²) >= 11 is 0. The molecule has 3 atom stereocenters. The molecule has 0 heterocycles. The van der Waals surface area contributed by atoms with E-state index in [2.05, 4.69) is 32.0 Å². The Kier molecular flexibility index (Phi) is 3.35. The molecule has 2 heteroatoms. The fraction of sp³-hybridized carbons (Fsp3) is 0.611. The maximum absolute atomic E-state index is 12.0. The number of Topliss-reactive ketones (excluding diaryl/α,β-unsaturated/α-hetero) is 1. The van der Waals surface area contributed by atoms with Crippen LogP contribution in [0.25, 0.3) is 0 Å². The highest BCUT2D eigenvalue weighted by Crippen LogP contribution is 2.50. The summed E-state index contributed by atoms with van der Waals surface area (Å²) in [5.41, 5.74) is 3.01. The lowest BCUT2D eigenvalue weighted by Gasteiger charge is -2.44. The fourth-order valence-electron chi connectivity index (χ4n) is 4.50. The molecule has 0 bridgehead atoms. The summed E-state index contributed by atoms with van der Waals surface area (Å²) in [7, 11) is 1.73. The summed E-state index contributed by atoms with van der Waals surface area (Å²) in [6.45, 7) is 4.63. The van der Waals surface area contributed by atoms with Crippen LogP contribution in [0.15, 0.2) is 18.2 Å². The molecule has 108 valence electrons. The minimum atomic E-state index is 0.133. The van der Waals surface area contributed by atoms with Crippen molar-refractivity contribution in [3.05, 3.63) is 29.3 Å². The van der Waals surface area contributed by atoms with Crippen LogP contribution < -0.4 is 4.74 Å². The molecular weight excluding hydrogens is 248 g/mol. The number of benzene rings is 1. The molecule has 1 saturated carbocycles. The van der Waals surface area contributed by atoms with Gasteiger partial charge in [0.05, 0.1) is 7.11 Å². The summed E-state index contributed by atoms with van der Waals surface area (Å²) in [4.78, 5) is 12.0. The lowest BCUT2D eigenvalue weighted by molar-refractivity contribution is -0.119. The first-order valence-electron chi connectivity index (χ1n) is 7.73. The van der Waals surface area contributed by atoms with Gasteiger partial charge >= 0.3 is 0 Å². The number of fused-ring (bicyclic) bond motifs is 3. The topological polar surface area (TPSA) is 26.3 Å². The quantitative estimate of drug-likeness (QED) is 0.775. The highest BCUT2D eigenvalue weighted by Gasteiger charge is 2.45. The van der Waals surface area contributed by atoms with Crippen molar-refractivity contribution in [1.82, 2.24) is 0 Å². The highest BCUT2D eigenvalue weighted by atomic mass is 16.5. The number of rotatable bonds is 1. The number of methoxy groups -OCH3 is 1. The van der Waals surface area contributed by atoms with Crippen molar-refractivity contribution >= 4 is 5.78 Å². The van der Waals surface area contributed by atoms with Gasteiger partial charge in [0.1, 0.15) is 11.5 Å². The Morgan fingerprint density at radius 2 is 2.10 bits per heavy atom. The molecule has 2 aliphatic carbocycles. The lowest BCUT2D eigenvalue weighted by atomic mass is 9.60. The number of carbonyl (C=O) groups is 1. The molecule has 0 unspecified atom stereocenters. The SMILES string of the molecule is COc1ccc2c(c1)[C@@]1(C)CCC(=O)C[C@H](C)[C@@H]1CC2. The lowest BCUT2D eigenvalue weighted by Crippen LogP contribution is -2.39. The molecule has 2 nitrogen and oxygen atoms in total. The van der Waals surface area contributed by atoms with E-state index in [1.807, 2.05) is 0 Å². The molecule has 0 spiro atoms. The van der Waals surface area contributed by atoms with Gasteiger partial charge in [-0.2, -0.15) is 0 Å². The third-order valence-electron chi connectivity index (χ3n) is 5.64. The first-order chi connectivity index (χ1) is 9.54. The van der Waals surface area contributed by atoms with Gasteiger partial charge in [0.15, 0.2) is 0 Å². The van der Waals surface area contributed by atoms with E-state index in [1.54, 1.807) is 7.11 Å². The monoisotopic (exact) mass is 272 g/mol. The molecule has 0 aromatic heterocycles. The predicted octanol–water partition coefficient (Wildman–Crippen LogP) is 3.90. The van der Waals surface area contributed by atoms with E-state index in [1.165, 1.54) is 17.5 Å². The third kappa shape index (κ3) is 2.06. The van der Waals surface area contributed by atoms with Gasteiger partial charge in [-0.05, 0) is 59.8 Å². The Morgan fingerprint density at radius 1 is 1.30 bits per heavy atom. The molecule has 0 amide bonds. The number of hydrogen-bond acceptors (Lipinski definition) is 2. The fourth-order valence-corrected chi connectivity index (χ4v) is 4.50. The van der Waals surface area contributed by atoms with E-state index in [-0.39, 0.29) is 5.41 Å². The molecule has 20 heavy (non-hydrogen) atoms. The van der Waals surface area contributed by atoms with Crippen LogP contribution in [-0.4, -0.2) is 12.9 Å². The van der Waals surface area contributed by atoms with E-state index >= 15 is 0 Å². The molecule has 1 aromatic carbocycles. The third-order valence-corrected chi connectivity index (χ3v) is 5.64. The van der Waals surface area contributed by atoms with Gasteiger partial charge in [-0.3, -0.25) is 4.79 Å². The number of ketones is 1. The van der Waals surface area contributed by atoms with Gasteiger partial charge in [-0.25, -0.2) is 0 Å². The van der Waals surface area contributed by atoms with Gasteiger partial charge in [-0.15, -0.1) is 0 Å². The number of carbonyl (C=O) groups excluding carboxylic acids is 1.